The molecule has 4 aromatic rings. The molecule has 0 saturated carbocycles. The number of aryl methyl sites for hydroxylation is 1. The Kier molecular flexibility index (Phi) is 7.75. The van der Waals surface area contributed by atoms with Gasteiger partial charge in [-0.1, -0.05) is 36.4 Å². The zero-order chi connectivity index (χ0) is 27.4. The van der Waals surface area contributed by atoms with Crippen molar-refractivity contribution in [3.63, 3.8) is 0 Å². The number of hydrogen-bond donors (Lipinski definition) is 4. The molecule has 0 radical (unpaired) electrons. The predicted molar refractivity (Wildman–Crippen MR) is 146 cm³/mol. The van der Waals surface area contributed by atoms with Crippen LogP contribution in [0.4, 0.5) is 4.79 Å². The number of nitrogens with zero attached hydrogens (tertiary/aromatic N) is 1. The van der Waals surface area contributed by atoms with Gasteiger partial charge < -0.3 is 30.0 Å². The van der Waals surface area contributed by atoms with E-state index in [-0.39, 0.29) is 19.4 Å². The zero-order valence-electron chi connectivity index (χ0n) is 22.1. The van der Waals surface area contributed by atoms with Gasteiger partial charge in [0.2, 0.25) is 5.91 Å². The van der Waals surface area contributed by atoms with Crippen LogP contribution in [0.3, 0.4) is 0 Å². The van der Waals surface area contributed by atoms with Crippen molar-refractivity contribution in [1.29, 1.82) is 0 Å². The normalized spacial score (nSPS) is 13.3. The Morgan fingerprint density at radius 3 is 2.39 bits per heavy atom. The number of ether oxygens (including phenoxy) is 1. The quantitative estimate of drug-likeness (QED) is 0.265. The third-order valence-corrected chi connectivity index (χ3v) is 6.42. The lowest BCUT2D eigenvalue weighted by Crippen LogP contribution is -2.50. The van der Waals surface area contributed by atoms with Crippen LogP contribution in [-0.2, 0) is 34.2 Å². The molecule has 38 heavy (non-hydrogen) atoms. The molecule has 2 heterocycles. The number of hydrogen-bond acceptors (Lipinski definition) is 4. The minimum Gasteiger partial charge on any atom is -0.481 e. The van der Waals surface area contributed by atoms with E-state index in [1.807, 2.05) is 72.5 Å². The van der Waals surface area contributed by atoms with Crippen molar-refractivity contribution in [3.8, 4) is 0 Å². The van der Waals surface area contributed by atoms with Gasteiger partial charge in [-0.2, -0.15) is 0 Å². The Morgan fingerprint density at radius 2 is 1.68 bits per heavy atom. The second-order valence-electron chi connectivity index (χ2n) is 10.5. The molecule has 2 aromatic heterocycles. The summed E-state index contributed by atoms with van der Waals surface area (Å²) in [6.07, 6.45) is 3.47. The molecule has 0 saturated heterocycles. The maximum absolute atomic E-state index is 13.3. The van der Waals surface area contributed by atoms with E-state index in [1.54, 1.807) is 20.8 Å². The number of carbonyl (C=O) groups is 3. The Morgan fingerprint density at radius 1 is 1.00 bits per heavy atom. The van der Waals surface area contributed by atoms with Crippen LogP contribution in [0.2, 0.25) is 0 Å². The van der Waals surface area contributed by atoms with Crippen molar-refractivity contribution in [2.75, 3.05) is 6.54 Å². The zero-order valence-corrected chi connectivity index (χ0v) is 22.1. The van der Waals surface area contributed by atoms with Gasteiger partial charge in [-0.25, -0.2) is 4.79 Å². The van der Waals surface area contributed by atoms with Crippen molar-refractivity contribution in [3.05, 3.63) is 72.1 Å². The number of fused-ring (bicyclic) bond motifs is 2. The van der Waals surface area contributed by atoms with Crippen LogP contribution in [-0.4, -0.2) is 50.8 Å². The summed E-state index contributed by atoms with van der Waals surface area (Å²) in [5.74, 6) is -2.34. The smallest absolute Gasteiger partial charge is 0.408 e. The van der Waals surface area contributed by atoms with Gasteiger partial charge in [0.05, 0.1) is 5.92 Å². The van der Waals surface area contributed by atoms with Crippen LogP contribution in [0, 0.1) is 5.92 Å². The molecule has 4 rings (SSSR count). The Hall–Kier alpha value is -4.27. The summed E-state index contributed by atoms with van der Waals surface area (Å²) >= 11 is 0. The van der Waals surface area contributed by atoms with E-state index >= 15 is 0 Å². The van der Waals surface area contributed by atoms with Gasteiger partial charge in [0.25, 0.3) is 0 Å². The molecule has 0 aliphatic heterocycles. The van der Waals surface area contributed by atoms with E-state index in [4.69, 9.17) is 4.74 Å². The molecule has 1 unspecified atom stereocenters. The van der Waals surface area contributed by atoms with Gasteiger partial charge in [-0.15, -0.1) is 0 Å². The van der Waals surface area contributed by atoms with Crippen molar-refractivity contribution >= 4 is 39.8 Å². The fraction of sp³-hybridized carbons (Fsp3) is 0.345. The number of amides is 2. The van der Waals surface area contributed by atoms with Crippen molar-refractivity contribution < 1.29 is 24.2 Å². The van der Waals surface area contributed by atoms with E-state index in [0.29, 0.717) is 0 Å². The number of benzene rings is 2. The number of nitrogens with one attached hydrogen (secondary N) is 3. The van der Waals surface area contributed by atoms with Crippen LogP contribution < -0.4 is 10.6 Å². The number of carboxylic acid groups (broad SMARTS) is 1. The molecular formula is C29H34N4O5. The number of carbonyl (C=O) groups excluding carboxylic acids is 2. The number of rotatable bonds is 9. The summed E-state index contributed by atoms with van der Waals surface area (Å²) in [5.41, 5.74) is 2.93. The number of H-pyrrole nitrogens is 1. The highest BCUT2D eigenvalue weighted by atomic mass is 16.6. The lowest BCUT2D eigenvalue weighted by Gasteiger charge is -2.24. The summed E-state index contributed by atoms with van der Waals surface area (Å²) in [7, 11) is 1.92. The number of para-hydroxylation sites is 2. The molecule has 0 bridgehead atoms. The first kappa shape index (κ1) is 26.8. The molecule has 4 N–H and O–H groups in total. The first-order chi connectivity index (χ1) is 18.0. The molecule has 0 fully saturated rings. The van der Waals surface area contributed by atoms with Crippen LogP contribution >= 0.6 is 0 Å². The number of alkyl carbamates (subject to hydrolysis) is 1. The molecule has 0 aliphatic rings. The third-order valence-electron chi connectivity index (χ3n) is 6.42. The highest BCUT2D eigenvalue weighted by Crippen LogP contribution is 2.23. The second-order valence-corrected chi connectivity index (χ2v) is 10.5. The van der Waals surface area contributed by atoms with Gasteiger partial charge in [-0.05, 0) is 50.5 Å². The molecule has 2 amide bonds. The number of carboxylic acids is 1. The summed E-state index contributed by atoms with van der Waals surface area (Å²) in [4.78, 5) is 41.2. The molecular weight excluding hydrogens is 484 g/mol. The second kappa shape index (κ2) is 11.0. The highest BCUT2D eigenvalue weighted by Gasteiger charge is 2.28. The van der Waals surface area contributed by atoms with E-state index in [1.165, 1.54) is 0 Å². The topological polar surface area (TPSA) is 125 Å². The summed E-state index contributed by atoms with van der Waals surface area (Å²) in [6.45, 7) is 5.14. The first-order valence-electron chi connectivity index (χ1n) is 12.6. The van der Waals surface area contributed by atoms with Crippen molar-refractivity contribution in [2.45, 2.75) is 45.3 Å². The highest BCUT2D eigenvalue weighted by molar-refractivity contribution is 5.89. The van der Waals surface area contributed by atoms with Gasteiger partial charge in [0.1, 0.15) is 11.6 Å². The molecule has 200 valence electrons. The Labute approximate surface area is 221 Å². The molecule has 0 aliphatic carbocycles. The largest absolute Gasteiger partial charge is 0.481 e. The summed E-state index contributed by atoms with van der Waals surface area (Å²) in [5, 5.41) is 17.3. The first-order valence-corrected chi connectivity index (χ1v) is 12.6. The summed E-state index contributed by atoms with van der Waals surface area (Å²) in [6, 6.07) is 14.5. The molecule has 0 spiro atoms. The number of aliphatic carboxylic acids is 1. The van der Waals surface area contributed by atoms with E-state index in [2.05, 4.69) is 15.6 Å². The van der Waals surface area contributed by atoms with Gasteiger partial charge in [0, 0.05) is 54.2 Å². The van der Waals surface area contributed by atoms with Gasteiger partial charge in [-0.3, -0.25) is 9.59 Å². The van der Waals surface area contributed by atoms with Crippen LogP contribution in [0.25, 0.3) is 21.8 Å². The summed E-state index contributed by atoms with van der Waals surface area (Å²) < 4.78 is 7.34. The molecule has 2 aromatic carbocycles. The minimum atomic E-state index is -1.01. The van der Waals surface area contributed by atoms with Gasteiger partial charge in [0.15, 0.2) is 0 Å². The van der Waals surface area contributed by atoms with E-state index in [0.717, 1.165) is 32.9 Å². The lowest BCUT2D eigenvalue weighted by molar-refractivity contribution is -0.141. The SMILES string of the molecule is Cn1cc(CC(CNC(=O)[C@@H](Cc2c[nH]c3ccccc23)NC(=O)OC(C)(C)C)C(=O)O)c2ccccc21. The maximum Gasteiger partial charge on any atom is 0.408 e. The molecule has 9 nitrogen and oxygen atoms in total. The third kappa shape index (κ3) is 6.34. The predicted octanol–water partition coefficient (Wildman–Crippen LogP) is 4.16. The lowest BCUT2D eigenvalue weighted by atomic mass is 9.98. The van der Waals surface area contributed by atoms with Crippen molar-refractivity contribution in [1.82, 2.24) is 20.2 Å². The monoisotopic (exact) mass is 518 g/mol. The van der Waals surface area contributed by atoms with Crippen molar-refractivity contribution in [2.24, 2.45) is 13.0 Å². The number of aromatic nitrogens is 2. The molecule has 9 heteroatoms. The van der Waals surface area contributed by atoms with Crippen LogP contribution in [0.1, 0.15) is 31.9 Å². The standard InChI is InChI=1S/C29H34N4O5/c1-29(2,3)38-28(37)32-24(14-18-15-30-23-11-7-5-9-21(18)23)26(34)31-16-19(27(35)36)13-20-17-33(4)25-12-8-6-10-22(20)25/h5-12,15,17,19,24,30H,13-14,16H2,1-4H3,(H,31,34)(H,32,37)(H,35,36)/t19?,24-/m1/s1. The number of aromatic amines is 1. The molecule has 2 atom stereocenters. The van der Waals surface area contributed by atoms with E-state index < -0.39 is 35.5 Å². The van der Waals surface area contributed by atoms with Crippen LogP contribution in [0.5, 0.6) is 0 Å². The van der Waals surface area contributed by atoms with Crippen LogP contribution in [0.15, 0.2) is 60.9 Å². The van der Waals surface area contributed by atoms with Gasteiger partial charge >= 0.3 is 12.1 Å². The Bertz CT molecular complexity index is 1460. The Balaban J connectivity index is 1.50. The van der Waals surface area contributed by atoms with E-state index in [9.17, 15) is 19.5 Å². The average Bonchev–Trinajstić information content (AvgIpc) is 3.40. The minimum absolute atomic E-state index is 0.0855. The fourth-order valence-electron chi connectivity index (χ4n) is 4.63. The fourth-order valence-corrected chi connectivity index (χ4v) is 4.63. The maximum atomic E-state index is 13.3. The average molecular weight is 519 g/mol.